The second-order valence-corrected chi connectivity index (χ2v) is 9.91. The summed E-state index contributed by atoms with van der Waals surface area (Å²) in [7, 11) is 0. The number of thiophene rings is 2. The van der Waals surface area contributed by atoms with Crippen LogP contribution in [-0.2, 0) is 11.2 Å². The van der Waals surface area contributed by atoms with E-state index in [0.29, 0.717) is 6.54 Å². The molecule has 0 bridgehead atoms. The van der Waals surface area contributed by atoms with Gasteiger partial charge in [-0.2, -0.15) is 0 Å². The van der Waals surface area contributed by atoms with E-state index < -0.39 is 0 Å². The maximum atomic E-state index is 13.7. The zero-order valence-corrected chi connectivity index (χ0v) is 18.3. The van der Waals surface area contributed by atoms with Crippen LogP contribution in [0.4, 0.5) is 0 Å². The first-order valence-electron chi connectivity index (χ1n) is 10.5. The van der Waals surface area contributed by atoms with Gasteiger partial charge >= 0.3 is 0 Å². The average Bonchev–Trinajstić information content (AvgIpc) is 3.50. The van der Waals surface area contributed by atoms with E-state index in [1.807, 2.05) is 40.6 Å². The predicted molar refractivity (Wildman–Crippen MR) is 121 cm³/mol. The smallest absolute Gasteiger partial charge is 0.263 e. The Labute approximate surface area is 184 Å². The van der Waals surface area contributed by atoms with Gasteiger partial charge in [-0.15, -0.1) is 22.7 Å². The summed E-state index contributed by atoms with van der Waals surface area (Å²) in [5.41, 5.74) is 2.42. The summed E-state index contributed by atoms with van der Waals surface area (Å²) in [6, 6.07) is 16.2. The van der Waals surface area contributed by atoms with Gasteiger partial charge in [0.2, 0.25) is 5.91 Å². The van der Waals surface area contributed by atoms with Gasteiger partial charge in [0.1, 0.15) is 0 Å². The van der Waals surface area contributed by atoms with E-state index in [2.05, 4.69) is 28.5 Å². The minimum absolute atomic E-state index is 0.0305. The van der Waals surface area contributed by atoms with Crippen molar-refractivity contribution in [1.82, 2.24) is 9.80 Å². The fourth-order valence-corrected chi connectivity index (χ4v) is 6.30. The molecule has 0 unspecified atom stereocenters. The zero-order valence-electron chi connectivity index (χ0n) is 16.7. The third-order valence-electron chi connectivity index (χ3n) is 6.15. The van der Waals surface area contributed by atoms with Crippen molar-refractivity contribution in [3.63, 3.8) is 0 Å². The molecule has 1 fully saturated rings. The molecule has 2 aromatic heterocycles. The van der Waals surface area contributed by atoms with E-state index in [9.17, 15) is 9.59 Å². The van der Waals surface area contributed by atoms with Gasteiger partial charge in [-0.05, 0) is 53.3 Å². The number of carbonyl (C=O) groups is 2. The van der Waals surface area contributed by atoms with E-state index >= 15 is 0 Å². The number of hydrogen-bond donors (Lipinski definition) is 0. The maximum absolute atomic E-state index is 13.7. The Morgan fingerprint density at radius 3 is 2.60 bits per heavy atom. The van der Waals surface area contributed by atoms with Crippen molar-refractivity contribution in [3.05, 3.63) is 80.2 Å². The number of hydrogen-bond acceptors (Lipinski definition) is 4. The van der Waals surface area contributed by atoms with Gasteiger partial charge in [0.15, 0.2) is 0 Å². The van der Waals surface area contributed by atoms with Crippen LogP contribution in [0, 0.1) is 5.92 Å². The molecule has 0 spiro atoms. The van der Waals surface area contributed by atoms with Gasteiger partial charge < -0.3 is 9.80 Å². The second-order valence-electron chi connectivity index (χ2n) is 7.96. The molecule has 0 radical (unpaired) electrons. The van der Waals surface area contributed by atoms with Crippen LogP contribution in [0.5, 0.6) is 0 Å². The van der Waals surface area contributed by atoms with Crippen LogP contribution in [0.3, 0.4) is 0 Å². The van der Waals surface area contributed by atoms with E-state index in [4.69, 9.17) is 0 Å². The van der Waals surface area contributed by atoms with E-state index in [-0.39, 0.29) is 23.8 Å². The molecule has 154 valence electrons. The van der Waals surface area contributed by atoms with Crippen LogP contribution >= 0.6 is 22.7 Å². The van der Waals surface area contributed by atoms with Crippen LogP contribution in [0.15, 0.2) is 59.3 Å². The number of amides is 2. The molecule has 2 aliphatic heterocycles. The molecule has 1 aromatic carbocycles. The van der Waals surface area contributed by atoms with Crippen LogP contribution in [0.1, 0.15) is 44.6 Å². The highest BCUT2D eigenvalue weighted by molar-refractivity contribution is 7.12. The predicted octanol–water partition coefficient (Wildman–Crippen LogP) is 4.84. The topological polar surface area (TPSA) is 40.6 Å². The van der Waals surface area contributed by atoms with E-state index in [0.717, 1.165) is 42.8 Å². The van der Waals surface area contributed by atoms with E-state index in [1.165, 1.54) is 21.8 Å². The minimum Gasteiger partial charge on any atom is -0.337 e. The number of rotatable bonds is 3. The van der Waals surface area contributed by atoms with Gasteiger partial charge in [0.25, 0.3) is 5.91 Å². The molecule has 3 aromatic rings. The van der Waals surface area contributed by atoms with Crippen molar-refractivity contribution in [1.29, 1.82) is 0 Å². The maximum Gasteiger partial charge on any atom is 0.263 e. The number of benzene rings is 1. The summed E-state index contributed by atoms with van der Waals surface area (Å²) in [4.78, 5) is 32.6. The first kappa shape index (κ1) is 19.5. The Hall–Kier alpha value is -2.44. The Kier molecular flexibility index (Phi) is 5.44. The lowest BCUT2D eigenvalue weighted by Crippen LogP contribution is -2.49. The van der Waals surface area contributed by atoms with Crippen molar-refractivity contribution in [3.8, 4) is 0 Å². The van der Waals surface area contributed by atoms with Gasteiger partial charge in [-0.3, -0.25) is 9.59 Å². The molecule has 6 heteroatoms. The highest BCUT2D eigenvalue weighted by atomic mass is 32.1. The van der Waals surface area contributed by atoms with Crippen molar-refractivity contribution in [2.75, 3.05) is 19.6 Å². The summed E-state index contributed by atoms with van der Waals surface area (Å²) in [5, 5.41) is 4.06. The second kappa shape index (κ2) is 8.36. The number of fused-ring (bicyclic) bond motifs is 1. The fourth-order valence-electron chi connectivity index (χ4n) is 4.70. The molecule has 0 N–H and O–H groups in total. The number of nitrogens with zero attached hydrogens (tertiary/aromatic N) is 2. The molecule has 2 atom stereocenters. The van der Waals surface area contributed by atoms with Gasteiger partial charge in [0, 0.05) is 24.5 Å². The quantitative estimate of drug-likeness (QED) is 0.590. The molecule has 4 nitrogen and oxygen atoms in total. The summed E-state index contributed by atoms with van der Waals surface area (Å²) in [5.74, 6) is 0.110. The van der Waals surface area contributed by atoms with Gasteiger partial charge in [-0.1, -0.05) is 36.4 Å². The number of piperidine rings is 1. The number of likely N-dealkylation sites (tertiary alicyclic amines) is 1. The Morgan fingerprint density at radius 2 is 1.80 bits per heavy atom. The van der Waals surface area contributed by atoms with E-state index in [1.54, 1.807) is 11.3 Å². The molecular weight excluding hydrogens is 412 g/mol. The molecule has 1 saturated heterocycles. The first-order valence-corrected chi connectivity index (χ1v) is 12.2. The van der Waals surface area contributed by atoms with Crippen molar-refractivity contribution in [2.45, 2.75) is 25.3 Å². The monoisotopic (exact) mass is 436 g/mol. The molecule has 4 heterocycles. The standard InChI is InChI=1S/C24H24N2O2S2/c27-23(18-8-4-12-25(16-18)24(28)21-9-5-14-29-21)26-13-10-20-19(11-15-30-20)22(26)17-6-2-1-3-7-17/h1-3,5-7,9,11,14-15,18,22H,4,8,10,12-13,16H2/t18-,22+/m0/s1. The van der Waals surface area contributed by atoms with Crippen LogP contribution < -0.4 is 0 Å². The SMILES string of the molecule is O=C(c1cccs1)N1CCC[C@H](C(=O)N2CCc3sccc3[C@H]2c2ccccc2)C1. The zero-order chi connectivity index (χ0) is 20.5. The molecule has 0 saturated carbocycles. The molecule has 2 aliphatic rings. The summed E-state index contributed by atoms with van der Waals surface area (Å²) in [6.07, 6.45) is 2.63. The van der Waals surface area contributed by atoms with Crippen molar-refractivity contribution >= 4 is 34.5 Å². The molecule has 2 amide bonds. The lowest BCUT2D eigenvalue weighted by atomic mass is 9.90. The average molecular weight is 437 g/mol. The third-order valence-corrected chi connectivity index (χ3v) is 8.01. The molecule has 30 heavy (non-hydrogen) atoms. The summed E-state index contributed by atoms with van der Waals surface area (Å²) in [6.45, 7) is 1.99. The summed E-state index contributed by atoms with van der Waals surface area (Å²) < 4.78 is 0. The van der Waals surface area contributed by atoms with Crippen molar-refractivity contribution in [2.24, 2.45) is 5.92 Å². The minimum atomic E-state index is -0.130. The van der Waals surface area contributed by atoms with Crippen molar-refractivity contribution < 1.29 is 9.59 Å². The highest BCUT2D eigenvalue weighted by Gasteiger charge is 2.38. The molecule has 5 rings (SSSR count). The third kappa shape index (κ3) is 3.59. The lowest BCUT2D eigenvalue weighted by molar-refractivity contribution is -0.139. The molecule has 0 aliphatic carbocycles. The Balaban J connectivity index is 1.40. The fraction of sp³-hybridized carbons (Fsp3) is 0.333. The highest BCUT2D eigenvalue weighted by Crippen LogP contribution is 2.39. The normalized spacial score (nSPS) is 21.3. The summed E-state index contributed by atoms with van der Waals surface area (Å²) >= 11 is 3.25. The largest absolute Gasteiger partial charge is 0.337 e. The Bertz CT molecular complexity index is 1030. The number of carbonyl (C=O) groups excluding carboxylic acids is 2. The lowest BCUT2D eigenvalue weighted by Gasteiger charge is -2.40. The Morgan fingerprint density at radius 1 is 0.933 bits per heavy atom. The van der Waals surface area contributed by atoms with Gasteiger partial charge in [-0.25, -0.2) is 0 Å². The van der Waals surface area contributed by atoms with Crippen LogP contribution in [-0.4, -0.2) is 41.2 Å². The van der Waals surface area contributed by atoms with Gasteiger partial charge in [0.05, 0.1) is 16.8 Å². The molecular formula is C24H24N2O2S2. The van der Waals surface area contributed by atoms with Crippen LogP contribution in [0.25, 0.3) is 0 Å². The first-order chi connectivity index (χ1) is 14.7. The van der Waals surface area contributed by atoms with Crippen LogP contribution in [0.2, 0.25) is 0 Å².